The second-order valence-electron chi connectivity index (χ2n) is 10.2. The summed E-state index contributed by atoms with van der Waals surface area (Å²) >= 11 is 0. The van der Waals surface area contributed by atoms with Crippen molar-refractivity contribution in [3.63, 3.8) is 0 Å². The number of carbonyl (C=O) groups is 2. The fraction of sp³-hybridized carbons (Fsp3) is 0.692. The average Bonchev–Trinajstić information content (AvgIpc) is 3.09. The highest BCUT2D eigenvalue weighted by Crippen LogP contribution is 2.49. The molecule has 180 valence electrons. The van der Waals surface area contributed by atoms with Crippen LogP contribution in [-0.2, 0) is 14.3 Å². The lowest BCUT2D eigenvalue weighted by atomic mass is 9.78. The zero-order chi connectivity index (χ0) is 23.0. The Morgan fingerprint density at radius 2 is 1.97 bits per heavy atom. The van der Waals surface area contributed by atoms with Crippen LogP contribution in [0.4, 0.5) is 4.79 Å². The molecule has 3 heterocycles. The molecule has 0 aromatic heterocycles. The zero-order valence-electron chi connectivity index (χ0n) is 19.9. The molecule has 4 fully saturated rings. The fourth-order valence-electron chi connectivity index (χ4n) is 6.94. The Morgan fingerprint density at radius 3 is 2.70 bits per heavy atom. The summed E-state index contributed by atoms with van der Waals surface area (Å²) in [6.45, 7) is 5.96. The van der Waals surface area contributed by atoms with Crippen LogP contribution in [-0.4, -0.2) is 72.0 Å². The van der Waals surface area contributed by atoms with Crippen molar-refractivity contribution in [2.75, 3.05) is 26.3 Å². The van der Waals surface area contributed by atoms with Crippen LogP contribution >= 0.6 is 0 Å². The monoisotopic (exact) mass is 455 g/mol. The van der Waals surface area contributed by atoms with Gasteiger partial charge < -0.3 is 24.6 Å². The normalized spacial score (nSPS) is 36.3. The maximum Gasteiger partial charge on any atom is 0.317 e. The molecule has 33 heavy (non-hydrogen) atoms. The third-order valence-corrected chi connectivity index (χ3v) is 8.29. The van der Waals surface area contributed by atoms with Crippen LogP contribution in [0.25, 0.3) is 0 Å². The number of piperidine rings is 1. The number of urea groups is 1. The highest BCUT2D eigenvalue weighted by atomic mass is 16.5. The van der Waals surface area contributed by atoms with Crippen LogP contribution in [0.3, 0.4) is 0 Å². The largest absolute Gasteiger partial charge is 0.369 e. The zero-order valence-corrected chi connectivity index (χ0v) is 19.9. The Hall–Kier alpha value is -2.12. The van der Waals surface area contributed by atoms with E-state index in [1.54, 1.807) is 0 Å². The number of nitrogens with zero attached hydrogens (tertiary/aromatic N) is 2. The van der Waals surface area contributed by atoms with Gasteiger partial charge in [0.1, 0.15) is 12.8 Å². The minimum absolute atomic E-state index is 0.00341. The predicted octanol–water partition coefficient (Wildman–Crippen LogP) is 3.50. The molecule has 4 aliphatic rings. The molecule has 7 heteroatoms. The molecule has 1 aliphatic carbocycles. The van der Waals surface area contributed by atoms with Gasteiger partial charge in [-0.1, -0.05) is 37.3 Å². The summed E-state index contributed by atoms with van der Waals surface area (Å²) in [5.74, 6) is 0.612. The number of amides is 3. The molecule has 5 rings (SSSR count). The van der Waals surface area contributed by atoms with Gasteiger partial charge in [0.25, 0.3) is 5.91 Å². The average molecular weight is 456 g/mol. The molecule has 1 spiro atoms. The summed E-state index contributed by atoms with van der Waals surface area (Å²) in [5.41, 5.74) is 0.931. The lowest BCUT2D eigenvalue weighted by Crippen LogP contribution is -2.68. The SMILES string of the molecule is CCNC(=O)N1CCC[C@]23COCC(=O)N2C(OC2CCC(c4ccccc4)CC2)[C@@H](C)[C@H]13. The maximum atomic E-state index is 13.2. The summed E-state index contributed by atoms with van der Waals surface area (Å²) in [6.07, 6.45) is 5.76. The Labute approximate surface area is 196 Å². The van der Waals surface area contributed by atoms with Crippen molar-refractivity contribution in [2.45, 2.75) is 82.2 Å². The van der Waals surface area contributed by atoms with Gasteiger partial charge >= 0.3 is 6.03 Å². The van der Waals surface area contributed by atoms with Crippen molar-refractivity contribution in [3.05, 3.63) is 35.9 Å². The fourth-order valence-corrected chi connectivity index (χ4v) is 6.94. The Kier molecular flexibility index (Phi) is 6.36. The molecule has 1 aromatic carbocycles. The first-order valence-corrected chi connectivity index (χ1v) is 12.7. The number of benzene rings is 1. The van der Waals surface area contributed by atoms with Crippen molar-refractivity contribution in [1.82, 2.24) is 15.1 Å². The molecule has 3 aliphatic heterocycles. The van der Waals surface area contributed by atoms with Crippen molar-refractivity contribution in [1.29, 1.82) is 0 Å². The third-order valence-electron chi connectivity index (χ3n) is 8.29. The van der Waals surface area contributed by atoms with Crippen LogP contribution in [0.2, 0.25) is 0 Å². The van der Waals surface area contributed by atoms with Crippen LogP contribution in [0, 0.1) is 5.92 Å². The standard InChI is InChI=1S/C26H37N3O4/c1-3-27-25(31)28-15-7-14-26-17-32-16-22(30)29(26)24(18(2)23(26)28)33-21-12-10-20(11-13-21)19-8-5-4-6-9-19/h4-6,8-9,18,20-21,23-24H,3,7,10-17H2,1-2H3,(H,27,31)/t18-,20?,21?,23-,24?,26+/m0/s1. The van der Waals surface area contributed by atoms with Crippen molar-refractivity contribution < 1.29 is 19.1 Å². The van der Waals surface area contributed by atoms with Gasteiger partial charge in [-0.25, -0.2) is 4.79 Å². The molecule has 0 bridgehead atoms. The van der Waals surface area contributed by atoms with E-state index in [0.29, 0.717) is 25.6 Å². The minimum atomic E-state index is -0.482. The first-order valence-electron chi connectivity index (χ1n) is 12.7. The Balaban J connectivity index is 1.34. The van der Waals surface area contributed by atoms with Gasteiger partial charge in [0, 0.05) is 19.0 Å². The smallest absolute Gasteiger partial charge is 0.317 e. The van der Waals surface area contributed by atoms with E-state index >= 15 is 0 Å². The molecule has 1 unspecified atom stereocenters. The predicted molar refractivity (Wildman–Crippen MR) is 125 cm³/mol. The van der Waals surface area contributed by atoms with Gasteiger partial charge in [-0.2, -0.15) is 0 Å². The summed E-state index contributed by atoms with van der Waals surface area (Å²) < 4.78 is 12.5. The number of rotatable bonds is 4. The van der Waals surface area contributed by atoms with E-state index in [2.05, 4.69) is 42.6 Å². The summed E-state index contributed by atoms with van der Waals surface area (Å²) in [4.78, 5) is 30.0. The molecular weight excluding hydrogens is 418 g/mol. The molecule has 3 amide bonds. The number of ether oxygens (including phenoxy) is 2. The molecule has 0 radical (unpaired) electrons. The second kappa shape index (κ2) is 9.26. The number of morpholine rings is 1. The highest BCUT2D eigenvalue weighted by molar-refractivity contribution is 5.81. The molecule has 3 saturated heterocycles. The summed E-state index contributed by atoms with van der Waals surface area (Å²) in [7, 11) is 0. The van der Waals surface area contributed by atoms with E-state index in [-0.39, 0.29) is 42.8 Å². The Bertz CT molecular complexity index is 852. The van der Waals surface area contributed by atoms with Crippen LogP contribution in [0.15, 0.2) is 30.3 Å². The van der Waals surface area contributed by atoms with Crippen LogP contribution < -0.4 is 5.32 Å². The van der Waals surface area contributed by atoms with Crippen molar-refractivity contribution in [3.8, 4) is 0 Å². The van der Waals surface area contributed by atoms with E-state index in [1.165, 1.54) is 5.56 Å². The van der Waals surface area contributed by atoms with Gasteiger partial charge in [0.2, 0.25) is 0 Å². The van der Waals surface area contributed by atoms with Crippen molar-refractivity contribution >= 4 is 11.9 Å². The van der Waals surface area contributed by atoms with E-state index in [9.17, 15) is 9.59 Å². The lowest BCUT2D eigenvalue weighted by molar-refractivity contribution is -0.187. The van der Waals surface area contributed by atoms with E-state index in [0.717, 1.165) is 38.5 Å². The first-order chi connectivity index (χ1) is 16.0. The van der Waals surface area contributed by atoms with E-state index in [1.807, 2.05) is 16.7 Å². The van der Waals surface area contributed by atoms with Gasteiger partial charge in [0.05, 0.1) is 24.3 Å². The minimum Gasteiger partial charge on any atom is -0.369 e. The van der Waals surface area contributed by atoms with Crippen molar-refractivity contribution in [2.24, 2.45) is 5.92 Å². The number of hydrogen-bond acceptors (Lipinski definition) is 4. The van der Waals surface area contributed by atoms with Gasteiger partial charge in [-0.3, -0.25) is 4.79 Å². The highest BCUT2D eigenvalue weighted by Gasteiger charge is 2.65. The molecule has 4 atom stereocenters. The molecule has 7 nitrogen and oxygen atoms in total. The van der Waals surface area contributed by atoms with Gasteiger partial charge in [0.15, 0.2) is 0 Å². The van der Waals surface area contributed by atoms with E-state index in [4.69, 9.17) is 9.47 Å². The Morgan fingerprint density at radius 1 is 1.21 bits per heavy atom. The topological polar surface area (TPSA) is 71.1 Å². The number of likely N-dealkylation sites (tertiary alicyclic amines) is 1. The lowest BCUT2D eigenvalue weighted by Gasteiger charge is -2.51. The molecular formula is C26H37N3O4. The van der Waals surface area contributed by atoms with Crippen LogP contribution in [0.1, 0.15) is 63.9 Å². The first kappa shape index (κ1) is 22.7. The molecule has 1 saturated carbocycles. The summed E-state index contributed by atoms with van der Waals surface area (Å²) in [5, 5.41) is 2.97. The third kappa shape index (κ3) is 3.93. The number of hydrogen-bond donors (Lipinski definition) is 1. The quantitative estimate of drug-likeness (QED) is 0.754. The van der Waals surface area contributed by atoms with Gasteiger partial charge in [-0.05, 0) is 56.9 Å². The van der Waals surface area contributed by atoms with E-state index < -0.39 is 5.54 Å². The number of carbonyl (C=O) groups excluding carboxylic acids is 2. The molecule has 1 N–H and O–H groups in total. The maximum absolute atomic E-state index is 13.2. The number of nitrogens with one attached hydrogen (secondary N) is 1. The summed E-state index contributed by atoms with van der Waals surface area (Å²) in [6, 6.07) is 10.6. The van der Waals surface area contributed by atoms with Gasteiger partial charge in [-0.15, -0.1) is 0 Å². The second-order valence-corrected chi connectivity index (χ2v) is 10.2. The van der Waals surface area contributed by atoms with Crippen LogP contribution in [0.5, 0.6) is 0 Å². The molecule has 1 aromatic rings.